The smallest absolute Gasteiger partial charge is 0.226 e. The summed E-state index contributed by atoms with van der Waals surface area (Å²) in [5.74, 6) is 1.83. The van der Waals surface area contributed by atoms with Gasteiger partial charge in [0.05, 0.1) is 18.6 Å². The first kappa shape index (κ1) is 14.8. The van der Waals surface area contributed by atoms with Gasteiger partial charge in [0.1, 0.15) is 0 Å². The lowest BCUT2D eigenvalue weighted by atomic mass is 9.81. The number of aromatic nitrogens is 3. The Morgan fingerprint density at radius 3 is 3.04 bits per heavy atom. The Kier molecular flexibility index (Phi) is 3.66. The third-order valence-electron chi connectivity index (χ3n) is 5.23. The van der Waals surface area contributed by atoms with Gasteiger partial charge < -0.3 is 14.1 Å². The van der Waals surface area contributed by atoms with Crippen LogP contribution in [0.2, 0.25) is 0 Å². The van der Waals surface area contributed by atoms with Crippen LogP contribution in [0.5, 0.6) is 0 Å². The van der Waals surface area contributed by atoms with Crippen molar-refractivity contribution in [3.8, 4) is 0 Å². The highest BCUT2D eigenvalue weighted by Gasteiger charge is 2.55. The molecule has 6 nitrogen and oxygen atoms in total. The molecule has 4 heterocycles. The maximum Gasteiger partial charge on any atom is 0.226 e. The molecule has 2 saturated heterocycles. The summed E-state index contributed by atoms with van der Waals surface area (Å²) in [6.07, 6.45) is 4.85. The summed E-state index contributed by atoms with van der Waals surface area (Å²) >= 11 is 0. The first-order valence-corrected chi connectivity index (χ1v) is 8.17. The highest BCUT2D eigenvalue weighted by atomic mass is 16.5. The van der Waals surface area contributed by atoms with Crippen LogP contribution in [0.25, 0.3) is 0 Å². The van der Waals surface area contributed by atoms with E-state index in [1.807, 2.05) is 19.3 Å². The second kappa shape index (κ2) is 5.69. The van der Waals surface area contributed by atoms with Crippen molar-refractivity contribution in [3.05, 3.63) is 41.4 Å². The van der Waals surface area contributed by atoms with Gasteiger partial charge in [-0.15, -0.1) is 10.2 Å². The molecular formula is C17H22N4O2. The van der Waals surface area contributed by atoms with Gasteiger partial charge in [0, 0.05) is 44.9 Å². The Hall–Kier alpha value is -1.79. The van der Waals surface area contributed by atoms with Crippen molar-refractivity contribution in [2.45, 2.75) is 25.7 Å². The van der Waals surface area contributed by atoms with Crippen molar-refractivity contribution in [2.75, 3.05) is 32.8 Å². The summed E-state index contributed by atoms with van der Waals surface area (Å²) in [4.78, 5) is 6.67. The van der Waals surface area contributed by atoms with E-state index in [4.69, 9.17) is 9.15 Å². The molecule has 2 aromatic rings. The number of fused-ring (bicyclic) bond motifs is 1. The van der Waals surface area contributed by atoms with Crippen LogP contribution in [0.15, 0.2) is 22.9 Å². The molecule has 2 aliphatic rings. The Morgan fingerprint density at radius 2 is 2.26 bits per heavy atom. The molecule has 2 aromatic heterocycles. The fraction of sp³-hybridized carbons (Fsp3) is 0.588. The normalized spacial score (nSPS) is 27.5. The van der Waals surface area contributed by atoms with E-state index in [2.05, 4.69) is 33.1 Å². The number of ether oxygens (including phenoxy) is 1. The number of aryl methyl sites for hydroxylation is 2. The van der Waals surface area contributed by atoms with Crippen molar-refractivity contribution >= 4 is 0 Å². The number of pyridine rings is 1. The van der Waals surface area contributed by atoms with Gasteiger partial charge >= 0.3 is 0 Å². The molecule has 0 saturated carbocycles. The van der Waals surface area contributed by atoms with Crippen LogP contribution in [0.4, 0.5) is 0 Å². The summed E-state index contributed by atoms with van der Waals surface area (Å²) in [6, 6.07) is 2.12. The molecule has 0 amide bonds. The van der Waals surface area contributed by atoms with Crippen LogP contribution in [0, 0.1) is 19.8 Å². The second-order valence-electron chi connectivity index (χ2n) is 6.78. The molecule has 0 bridgehead atoms. The van der Waals surface area contributed by atoms with Crippen LogP contribution in [0.1, 0.15) is 22.9 Å². The monoisotopic (exact) mass is 314 g/mol. The number of likely N-dealkylation sites (tertiary alicyclic amines) is 1. The molecule has 4 rings (SSSR count). The summed E-state index contributed by atoms with van der Waals surface area (Å²) in [7, 11) is 0. The molecule has 122 valence electrons. The van der Waals surface area contributed by atoms with Crippen LogP contribution in [-0.4, -0.2) is 52.9 Å². The van der Waals surface area contributed by atoms with Gasteiger partial charge in [0.25, 0.3) is 0 Å². The van der Waals surface area contributed by atoms with Crippen LogP contribution < -0.4 is 0 Å². The molecule has 2 fully saturated rings. The molecule has 0 aliphatic carbocycles. The van der Waals surface area contributed by atoms with E-state index in [0.29, 0.717) is 18.4 Å². The fourth-order valence-corrected chi connectivity index (χ4v) is 3.87. The molecule has 6 heteroatoms. The van der Waals surface area contributed by atoms with Gasteiger partial charge in [-0.25, -0.2) is 0 Å². The zero-order valence-electron chi connectivity index (χ0n) is 13.7. The topological polar surface area (TPSA) is 64.3 Å². The minimum Gasteiger partial charge on any atom is -0.425 e. The van der Waals surface area contributed by atoms with Crippen molar-refractivity contribution in [3.63, 3.8) is 0 Å². The van der Waals surface area contributed by atoms with Gasteiger partial charge in [0.2, 0.25) is 11.8 Å². The molecule has 0 N–H and O–H groups in total. The van der Waals surface area contributed by atoms with E-state index in [1.165, 1.54) is 11.1 Å². The van der Waals surface area contributed by atoms with E-state index < -0.39 is 0 Å². The number of hydrogen-bond donors (Lipinski definition) is 0. The van der Waals surface area contributed by atoms with Crippen molar-refractivity contribution in [1.29, 1.82) is 0 Å². The van der Waals surface area contributed by atoms with Gasteiger partial charge in [-0.1, -0.05) is 0 Å². The Balaban J connectivity index is 1.48. The lowest BCUT2D eigenvalue weighted by molar-refractivity contribution is 0.142. The molecule has 2 atom stereocenters. The van der Waals surface area contributed by atoms with E-state index in [0.717, 1.165) is 38.6 Å². The first-order valence-electron chi connectivity index (χ1n) is 8.17. The van der Waals surface area contributed by atoms with E-state index in [9.17, 15) is 0 Å². The third kappa shape index (κ3) is 2.56. The van der Waals surface area contributed by atoms with Gasteiger partial charge in [-0.3, -0.25) is 4.98 Å². The number of hydrogen-bond acceptors (Lipinski definition) is 6. The lowest BCUT2D eigenvalue weighted by Gasteiger charge is -2.23. The Morgan fingerprint density at radius 1 is 1.35 bits per heavy atom. The average Bonchev–Trinajstić information content (AvgIpc) is 3.20. The van der Waals surface area contributed by atoms with Crippen LogP contribution in [-0.2, 0) is 16.6 Å². The molecule has 0 radical (unpaired) electrons. The van der Waals surface area contributed by atoms with Crippen LogP contribution >= 0.6 is 0 Å². The first-order chi connectivity index (χ1) is 11.2. The highest BCUT2D eigenvalue weighted by Crippen LogP contribution is 2.43. The zero-order chi connectivity index (χ0) is 15.9. The van der Waals surface area contributed by atoms with E-state index >= 15 is 0 Å². The van der Waals surface area contributed by atoms with Crippen molar-refractivity contribution < 1.29 is 9.15 Å². The summed E-state index contributed by atoms with van der Waals surface area (Å²) < 4.78 is 11.5. The number of nitrogens with zero attached hydrogens (tertiary/aromatic N) is 4. The minimum absolute atomic E-state index is 0.117. The van der Waals surface area contributed by atoms with Gasteiger partial charge in [-0.05, 0) is 30.5 Å². The lowest BCUT2D eigenvalue weighted by Crippen LogP contribution is -2.36. The van der Waals surface area contributed by atoms with Crippen LogP contribution in [0.3, 0.4) is 0 Å². The van der Waals surface area contributed by atoms with E-state index in [-0.39, 0.29) is 5.41 Å². The Labute approximate surface area is 135 Å². The molecule has 0 spiro atoms. The summed E-state index contributed by atoms with van der Waals surface area (Å²) in [5, 5.41) is 8.32. The van der Waals surface area contributed by atoms with E-state index in [1.54, 1.807) is 0 Å². The van der Waals surface area contributed by atoms with Gasteiger partial charge in [0.15, 0.2) is 0 Å². The fourth-order valence-electron chi connectivity index (χ4n) is 3.87. The molecule has 0 aromatic carbocycles. The van der Waals surface area contributed by atoms with Gasteiger partial charge in [-0.2, -0.15) is 0 Å². The molecule has 0 unspecified atom stereocenters. The predicted octanol–water partition coefficient (Wildman–Crippen LogP) is 1.52. The molecular weight excluding hydrogens is 292 g/mol. The Bertz CT molecular complexity index is 701. The minimum atomic E-state index is -0.117. The predicted molar refractivity (Wildman–Crippen MR) is 84.1 cm³/mol. The highest BCUT2D eigenvalue weighted by molar-refractivity contribution is 5.22. The molecule has 2 aliphatic heterocycles. The summed E-state index contributed by atoms with van der Waals surface area (Å²) in [5.41, 5.74) is 2.52. The maximum absolute atomic E-state index is 5.77. The zero-order valence-corrected chi connectivity index (χ0v) is 13.7. The quantitative estimate of drug-likeness (QED) is 0.852. The number of rotatable bonds is 4. The SMILES string of the molecule is Cc1nnc([C@]23COC[C@H]2CN(CCc2ccncc2C)C3)o1. The standard InChI is InChI=1S/C17H22N4O2/c1-12-7-18-5-3-14(12)4-6-21-8-15-9-22-11-17(15,10-21)16-20-19-13(2)23-16/h3,5,7,15H,4,6,8-11H2,1-2H3/t15-,17-/m1/s1. The second-order valence-corrected chi connectivity index (χ2v) is 6.78. The maximum atomic E-state index is 5.77. The largest absolute Gasteiger partial charge is 0.425 e. The summed E-state index contributed by atoms with van der Waals surface area (Å²) in [6.45, 7) is 8.44. The molecule has 23 heavy (non-hydrogen) atoms. The third-order valence-corrected chi connectivity index (χ3v) is 5.23. The average molecular weight is 314 g/mol. The van der Waals surface area contributed by atoms with Crippen molar-refractivity contribution in [2.24, 2.45) is 5.92 Å². The van der Waals surface area contributed by atoms with Crippen molar-refractivity contribution in [1.82, 2.24) is 20.1 Å².